The first-order valence-corrected chi connectivity index (χ1v) is 6.44. The predicted octanol–water partition coefficient (Wildman–Crippen LogP) is 2.45. The van der Waals surface area contributed by atoms with Crippen molar-refractivity contribution in [1.82, 2.24) is 9.78 Å². The second kappa shape index (κ2) is 5.14. The van der Waals surface area contributed by atoms with Crippen LogP contribution in [0.25, 0.3) is 0 Å². The van der Waals surface area contributed by atoms with E-state index in [0.717, 1.165) is 18.5 Å². The lowest BCUT2D eigenvalue weighted by Crippen LogP contribution is -2.21. The van der Waals surface area contributed by atoms with Gasteiger partial charge in [-0.05, 0) is 31.6 Å². The van der Waals surface area contributed by atoms with Gasteiger partial charge in [-0.2, -0.15) is 5.10 Å². The van der Waals surface area contributed by atoms with Gasteiger partial charge in [0.15, 0.2) is 5.75 Å². The summed E-state index contributed by atoms with van der Waals surface area (Å²) in [6.45, 7) is 4.33. The van der Waals surface area contributed by atoms with Gasteiger partial charge < -0.3 is 9.84 Å². The summed E-state index contributed by atoms with van der Waals surface area (Å²) in [4.78, 5) is 0. The van der Waals surface area contributed by atoms with Crippen molar-refractivity contribution < 1.29 is 9.84 Å². The van der Waals surface area contributed by atoms with Crippen LogP contribution >= 0.6 is 0 Å². The van der Waals surface area contributed by atoms with Crippen molar-refractivity contribution in [2.24, 2.45) is 18.9 Å². The van der Waals surface area contributed by atoms with Gasteiger partial charge in [0.1, 0.15) is 11.8 Å². The maximum atomic E-state index is 10.6. The second-order valence-electron chi connectivity index (χ2n) is 5.36. The first-order chi connectivity index (χ1) is 8.52. The molecule has 3 unspecified atom stereocenters. The van der Waals surface area contributed by atoms with Gasteiger partial charge >= 0.3 is 0 Å². The number of methoxy groups -OCH3 is 1. The lowest BCUT2D eigenvalue weighted by Gasteiger charge is -2.29. The number of rotatable bonds is 3. The van der Waals surface area contributed by atoms with Crippen molar-refractivity contribution in [2.75, 3.05) is 7.11 Å². The minimum atomic E-state index is -0.515. The number of hydrogen-bond acceptors (Lipinski definition) is 3. The Morgan fingerprint density at radius 2 is 2.28 bits per heavy atom. The quantitative estimate of drug-likeness (QED) is 0.838. The highest BCUT2D eigenvalue weighted by Gasteiger charge is 2.30. The van der Waals surface area contributed by atoms with Crippen molar-refractivity contribution in [3.05, 3.63) is 23.5 Å². The lowest BCUT2D eigenvalue weighted by atomic mass is 9.79. The van der Waals surface area contributed by atoms with Gasteiger partial charge in [0.25, 0.3) is 0 Å². The molecule has 1 aromatic heterocycles. The van der Waals surface area contributed by atoms with Crippen LogP contribution in [0.1, 0.15) is 38.5 Å². The van der Waals surface area contributed by atoms with Crippen molar-refractivity contribution in [3.63, 3.8) is 0 Å². The molecule has 0 saturated carbocycles. The van der Waals surface area contributed by atoms with Crippen LogP contribution in [0.2, 0.25) is 0 Å². The summed E-state index contributed by atoms with van der Waals surface area (Å²) in [5.74, 6) is 1.44. The number of aromatic nitrogens is 2. The normalized spacial score (nSPS) is 25.7. The fourth-order valence-electron chi connectivity index (χ4n) is 2.98. The van der Waals surface area contributed by atoms with E-state index in [-0.39, 0.29) is 5.92 Å². The molecule has 2 rings (SSSR count). The Balaban J connectivity index is 2.23. The van der Waals surface area contributed by atoms with Crippen LogP contribution in [-0.2, 0) is 7.05 Å². The maximum absolute atomic E-state index is 10.6. The molecule has 4 heteroatoms. The zero-order chi connectivity index (χ0) is 13.3. The van der Waals surface area contributed by atoms with E-state index < -0.39 is 6.10 Å². The Kier molecular flexibility index (Phi) is 3.76. The van der Waals surface area contributed by atoms with E-state index in [9.17, 15) is 5.11 Å². The third-order valence-corrected chi connectivity index (χ3v) is 3.72. The molecule has 1 aliphatic rings. The molecule has 4 nitrogen and oxygen atoms in total. The summed E-state index contributed by atoms with van der Waals surface area (Å²) in [6.07, 6.45) is 5.39. The SMILES string of the molecule is COc1cnn(C)c1C(O)C1CC(C)=CC(C)C1. The summed E-state index contributed by atoms with van der Waals surface area (Å²) < 4.78 is 6.98. The van der Waals surface area contributed by atoms with E-state index in [2.05, 4.69) is 25.0 Å². The zero-order valence-electron chi connectivity index (χ0n) is 11.6. The van der Waals surface area contributed by atoms with Crippen LogP contribution in [0.3, 0.4) is 0 Å². The molecule has 0 bridgehead atoms. The second-order valence-corrected chi connectivity index (χ2v) is 5.36. The standard InChI is InChI=1S/C14H22N2O2/c1-9-5-10(2)7-11(6-9)14(17)13-12(18-4)8-15-16(13)3/h5,8-9,11,14,17H,6-7H2,1-4H3. The number of ether oxygens (including phenoxy) is 1. The fraction of sp³-hybridized carbons (Fsp3) is 0.643. The van der Waals surface area contributed by atoms with E-state index >= 15 is 0 Å². The Morgan fingerprint density at radius 3 is 2.89 bits per heavy atom. The molecule has 100 valence electrons. The number of aliphatic hydroxyl groups excluding tert-OH is 1. The maximum Gasteiger partial charge on any atom is 0.162 e. The molecule has 0 radical (unpaired) electrons. The van der Waals surface area contributed by atoms with Gasteiger partial charge in [-0.1, -0.05) is 18.6 Å². The first kappa shape index (κ1) is 13.1. The fourth-order valence-corrected chi connectivity index (χ4v) is 2.98. The van der Waals surface area contributed by atoms with Crippen molar-refractivity contribution in [3.8, 4) is 5.75 Å². The van der Waals surface area contributed by atoms with Crippen LogP contribution in [0.15, 0.2) is 17.8 Å². The van der Waals surface area contributed by atoms with Gasteiger partial charge in [-0.3, -0.25) is 4.68 Å². The molecule has 0 spiro atoms. The molecule has 18 heavy (non-hydrogen) atoms. The third kappa shape index (κ3) is 2.43. The van der Waals surface area contributed by atoms with E-state index in [4.69, 9.17) is 4.74 Å². The van der Waals surface area contributed by atoms with Crippen molar-refractivity contribution >= 4 is 0 Å². The largest absolute Gasteiger partial charge is 0.493 e. The number of allylic oxidation sites excluding steroid dienone is 2. The highest BCUT2D eigenvalue weighted by molar-refractivity contribution is 5.28. The summed E-state index contributed by atoms with van der Waals surface area (Å²) in [7, 11) is 3.46. The Hall–Kier alpha value is -1.29. The Morgan fingerprint density at radius 1 is 1.56 bits per heavy atom. The summed E-state index contributed by atoms with van der Waals surface area (Å²) in [5, 5.41) is 14.8. The summed E-state index contributed by atoms with van der Waals surface area (Å²) in [5.41, 5.74) is 2.14. The van der Waals surface area contributed by atoms with E-state index in [1.165, 1.54) is 5.57 Å². The Bertz CT molecular complexity index is 451. The predicted molar refractivity (Wildman–Crippen MR) is 70.4 cm³/mol. The van der Waals surface area contributed by atoms with Crippen LogP contribution in [0.5, 0.6) is 5.75 Å². The molecular formula is C14H22N2O2. The van der Waals surface area contributed by atoms with Gasteiger partial charge in [0, 0.05) is 7.05 Å². The molecule has 1 heterocycles. The minimum Gasteiger partial charge on any atom is -0.493 e. The molecule has 1 aliphatic carbocycles. The average Bonchev–Trinajstić information content (AvgIpc) is 2.68. The van der Waals surface area contributed by atoms with Crippen LogP contribution in [-0.4, -0.2) is 22.0 Å². The molecule has 0 aromatic carbocycles. The first-order valence-electron chi connectivity index (χ1n) is 6.44. The average molecular weight is 250 g/mol. The molecule has 0 amide bonds. The molecule has 1 aromatic rings. The molecular weight excluding hydrogens is 228 g/mol. The molecule has 0 saturated heterocycles. The van der Waals surface area contributed by atoms with Gasteiger partial charge in [-0.25, -0.2) is 0 Å². The highest BCUT2D eigenvalue weighted by atomic mass is 16.5. The molecule has 0 aliphatic heterocycles. The highest BCUT2D eigenvalue weighted by Crippen LogP contribution is 2.39. The summed E-state index contributed by atoms with van der Waals surface area (Å²) >= 11 is 0. The van der Waals surface area contributed by atoms with Gasteiger partial charge in [-0.15, -0.1) is 0 Å². The lowest BCUT2D eigenvalue weighted by molar-refractivity contribution is 0.0832. The summed E-state index contributed by atoms with van der Waals surface area (Å²) in [6, 6.07) is 0. The van der Waals surface area contributed by atoms with Crippen LogP contribution in [0.4, 0.5) is 0 Å². The smallest absolute Gasteiger partial charge is 0.162 e. The van der Waals surface area contributed by atoms with Crippen LogP contribution in [0, 0.1) is 11.8 Å². The minimum absolute atomic E-state index is 0.245. The van der Waals surface area contributed by atoms with Crippen LogP contribution < -0.4 is 4.74 Å². The van der Waals surface area contributed by atoms with E-state index in [0.29, 0.717) is 11.7 Å². The van der Waals surface area contributed by atoms with Gasteiger partial charge in [0.2, 0.25) is 0 Å². The number of aliphatic hydroxyl groups is 1. The molecule has 1 N–H and O–H groups in total. The van der Waals surface area contributed by atoms with Crippen molar-refractivity contribution in [1.29, 1.82) is 0 Å². The Labute approximate surface area is 108 Å². The monoisotopic (exact) mass is 250 g/mol. The van der Waals surface area contributed by atoms with Gasteiger partial charge in [0.05, 0.1) is 13.3 Å². The van der Waals surface area contributed by atoms with Crippen molar-refractivity contribution in [2.45, 2.75) is 32.8 Å². The topological polar surface area (TPSA) is 47.3 Å². The van der Waals surface area contributed by atoms with E-state index in [1.54, 1.807) is 18.0 Å². The number of nitrogens with zero attached hydrogens (tertiary/aromatic N) is 2. The number of aryl methyl sites for hydroxylation is 1. The third-order valence-electron chi connectivity index (χ3n) is 3.72. The molecule has 3 atom stereocenters. The number of hydrogen-bond donors (Lipinski definition) is 1. The molecule has 0 fully saturated rings. The van der Waals surface area contributed by atoms with E-state index in [1.807, 2.05) is 7.05 Å². The zero-order valence-corrected chi connectivity index (χ0v) is 11.6.